The van der Waals surface area contributed by atoms with E-state index < -0.39 is 11.9 Å². The number of rotatable bonds is 2. The summed E-state index contributed by atoms with van der Waals surface area (Å²) in [4.78, 5) is 26.0. The number of hydrogen-bond acceptors (Lipinski definition) is 5. The van der Waals surface area contributed by atoms with Gasteiger partial charge in [0.05, 0.1) is 7.11 Å². The van der Waals surface area contributed by atoms with Crippen molar-refractivity contribution in [3.63, 3.8) is 0 Å². The van der Waals surface area contributed by atoms with Crippen LogP contribution in [0.15, 0.2) is 18.3 Å². The average molecular weight is 236 g/mol. The summed E-state index contributed by atoms with van der Waals surface area (Å²) in [5, 5.41) is 18.6. The standard InChI is InChI=1S/C10H8N2O5/c1-17-10(16)6-7-5(13)3-2-4-12(7)8(11-6)9(14)15/h2-4,13H,1H3,(H,14,15). The number of hydrogen-bond donors (Lipinski definition) is 2. The molecule has 2 aromatic rings. The van der Waals surface area contributed by atoms with Crippen LogP contribution in [0.2, 0.25) is 0 Å². The molecule has 0 amide bonds. The van der Waals surface area contributed by atoms with Crippen LogP contribution in [0.1, 0.15) is 21.1 Å². The van der Waals surface area contributed by atoms with Crippen LogP contribution in [-0.2, 0) is 4.74 Å². The van der Waals surface area contributed by atoms with Gasteiger partial charge in [0.25, 0.3) is 0 Å². The molecule has 0 unspecified atom stereocenters. The second-order valence-electron chi connectivity index (χ2n) is 3.19. The molecule has 2 N–H and O–H groups in total. The van der Waals surface area contributed by atoms with Gasteiger partial charge in [-0.15, -0.1) is 0 Å². The number of carboxylic acids is 1. The summed E-state index contributed by atoms with van der Waals surface area (Å²) in [6, 6.07) is 2.77. The molecule has 0 saturated heterocycles. The van der Waals surface area contributed by atoms with Crippen LogP contribution in [0.3, 0.4) is 0 Å². The van der Waals surface area contributed by atoms with E-state index in [1.807, 2.05) is 0 Å². The highest BCUT2D eigenvalue weighted by atomic mass is 16.5. The molecule has 7 nitrogen and oxygen atoms in total. The van der Waals surface area contributed by atoms with Gasteiger partial charge in [0, 0.05) is 6.20 Å². The van der Waals surface area contributed by atoms with E-state index in [0.717, 1.165) is 11.5 Å². The highest BCUT2D eigenvalue weighted by Gasteiger charge is 2.23. The van der Waals surface area contributed by atoms with E-state index in [0.29, 0.717) is 0 Å². The van der Waals surface area contributed by atoms with Crippen molar-refractivity contribution in [2.24, 2.45) is 0 Å². The number of carboxylic acid groups (broad SMARTS) is 1. The van der Waals surface area contributed by atoms with E-state index in [1.165, 1.54) is 18.3 Å². The van der Waals surface area contributed by atoms with Crippen molar-refractivity contribution in [2.75, 3.05) is 7.11 Å². The fourth-order valence-electron chi connectivity index (χ4n) is 1.51. The van der Waals surface area contributed by atoms with Crippen molar-refractivity contribution in [2.45, 2.75) is 0 Å². The average Bonchev–Trinajstić information content (AvgIpc) is 2.69. The van der Waals surface area contributed by atoms with Gasteiger partial charge >= 0.3 is 11.9 Å². The van der Waals surface area contributed by atoms with Crippen LogP contribution in [0.4, 0.5) is 0 Å². The zero-order chi connectivity index (χ0) is 12.6. The monoisotopic (exact) mass is 236 g/mol. The van der Waals surface area contributed by atoms with Crippen molar-refractivity contribution in [3.8, 4) is 5.75 Å². The lowest BCUT2D eigenvalue weighted by atomic mass is 10.3. The predicted molar refractivity (Wildman–Crippen MR) is 55.2 cm³/mol. The van der Waals surface area contributed by atoms with Gasteiger partial charge in [-0.05, 0) is 12.1 Å². The van der Waals surface area contributed by atoms with Crippen LogP contribution in [-0.4, -0.2) is 38.6 Å². The molecule has 2 rings (SSSR count). The quantitative estimate of drug-likeness (QED) is 0.737. The van der Waals surface area contributed by atoms with Crippen LogP contribution < -0.4 is 0 Å². The summed E-state index contributed by atoms with van der Waals surface area (Å²) in [7, 11) is 1.15. The largest absolute Gasteiger partial charge is 0.506 e. The molecule has 17 heavy (non-hydrogen) atoms. The minimum Gasteiger partial charge on any atom is -0.506 e. The summed E-state index contributed by atoms with van der Waals surface area (Å²) in [6.45, 7) is 0. The van der Waals surface area contributed by atoms with Gasteiger partial charge in [-0.2, -0.15) is 0 Å². The predicted octanol–water partition coefficient (Wildman–Crippen LogP) is 0.525. The second-order valence-corrected chi connectivity index (χ2v) is 3.19. The number of aromatic carboxylic acids is 1. The Kier molecular flexibility index (Phi) is 2.43. The first-order valence-corrected chi connectivity index (χ1v) is 4.58. The topological polar surface area (TPSA) is 101 Å². The van der Waals surface area contributed by atoms with E-state index >= 15 is 0 Å². The molecule has 0 atom stereocenters. The maximum atomic E-state index is 11.4. The smallest absolute Gasteiger partial charge is 0.372 e. The molecule has 0 bridgehead atoms. The van der Waals surface area contributed by atoms with Crippen molar-refractivity contribution in [1.29, 1.82) is 0 Å². The lowest BCUT2D eigenvalue weighted by Gasteiger charge is -1.99. The SMILES string of the molecule is COC(=O)c1nc(C(=O)O)n2cccc(O)c12. The van der Waals surface area contributed by atoms with E-state index in [1.54, 1.807) is 0 Å². The molecule has 0 fully saturated rings. The third-order valence-electron chi connectivity index (χ3n) is 2.21. The van der Waals surface area contributed by atoms with Crippen molar-refractivity contribution in [3.05, 3.63) is 29.8 Å². The fraction of sp³-hybridized carbons (Fsp3) is 0.100. The molecule has 0 aliphatic heterocycles. The van der Waals surface area contributed by atoms with Crippen molar-refractivity contribution >= 4 is 17.5 Å². The number of esters is 1. The molecule has 0 saturated carbocycles. The zero-order valence-corrected chi connectivity index (χ0v) is 8.75. The van der Waals surface area contributed by atoms with Crippen LogP contribution in [0, 0.1) is 0 Å². The molecule has 0 aliphatic carbocycles. The van der Waals surface area contributed by atoms with Crippen LogP contribution in [0.5, 0.6) is 5.75 Å². The number of methoxy groups -OCH3 is 1. The third kappa shape index (κ3) is 1.57. The summed E-state index contributed by atoms with van der Waals surface area (Å²) in [6.07, 6.45) is 1.39. The number of nitrogens with zero attached hydrogens (tertiary/aromatic N) is 2. The number of carbonyl (C=O) groups excluding carboxylic acids is 1. The van der Waals surface area contributed by atoms with Gasteiger partial charge in [0.2, 0.25) is 5.82 Å². The fourth-order valence-corrected chi connectivity index (χ4v) is 1.51. The number of aromatic nitrogens is 2. The number of carbonyl (C=O) groups is 2. The van der Waals surface area contributed by atoms with Crippen LogP contribution in [0.25, 0.3) is 5.52 Å². The Labute approximate surface area is 94.9 Å². The molecular formula is C10H8N2O5. The number of imidazole rings is 1. The zero-order valence-electron chi connectivity index (χ0n) is 8.75. The first-order chi connectivity index (χ1) is 8.06. The molecule has 2 heterocycles. The van der Waals surface area contributed by atoms with E-state index in [9.17, 15) is 14.7 Å². The van der Waals surface area contributed by atoms with Gasteiger partial charge in [-0.1, -0.05) is 0 Å². The first kappa shape index (κ1) is 10.9. The maximum absolute atomic E-state index is 11.4. The van der Waals surface area contributed by atoms with Gasteiger partial charge in [-0.25, -0.2) is 14.6 Å². The second kappa shape index (κ2) is 3.78. The summed E-state index contributed by atoms with van der Waals surface area (Å²) in [5.74, 6) is -2.72. The molecule has 0 aromatic carbocycles. The minimum absolute atomic E-state index is 0.0109. The van der Waals surface area contributed by atoms with Gasteiger partial charge in [0.1, 0.15) is 11.3 Å². The lowest BCUT2D eigenvalue weighted by molar-refractivity contribution is 0.0596. The minimum atomic E-state index is -1.30. The Bertz CT molecular complexity index is 616. The summed E-state index contributed by atoms with van der Waals surface area (Å²) >= 11 is 0. The summed E-state index contributed by atoms with van der Waals surface area (Å²) in [5.41, 5.74) is -0.222. The Morgan fingerprint density at radius 1 is 1.47 bits per heavy atom. The molecular weight excluding hydrogens is 228 g/mol. The van der Waals surface area contributed by atoms with E-state index in [2.05, 4.69) is 9.72 Å². The Balaban J connectivity index is 2.85. The van der Waals surface area contributed by atoms with Gasteiger partial charge < -0.3 is 14.9 Å². The highest BCUT2D eigenvalue weighted by Crippen LogP contribution is 2.23. The highest BCUT2D eigenvalue weighted by molar-refractivity contribution is 5.99. The van der Waals surface area contributed by atoms with E-state index in [-0.39, 0.29) is 22.8 Å². The van der Waals surface area contributed by atoms with E-state index in [4.69, 9.17) is 5.11 Å². The lowest BCUT2D eigenvalue weighted by Crippen LogP contribution is -2.04. The molecule has 0 aliphatic rings. The molecule has 0 radical (unpaired) electrons. The van der Waals surface area contributed by atoms with Gasteiger partial charge in [0.15, 0.2) is 5.69 Å². The maximum Gasteiger partial charge on any atom is 0.372 e. The van der Waals surface area contributed by atoms with Crippen LogP contribution >= 0.6 is 0 Å². The summed E-state index contributed by atoms with van der Waals surface area (Å²) < 4.78 is 5.59. The number of aromatic hydroxyl groups is 1. The Morgan fingerprint density at radius 3 is 2.76 bits per heavy atom. The molecule has 88 valence electrons. The normalized spacial score (nSPS) is 10.4. The van der Waals surface area contributed by atoms with Crippen molar-refractivity contribution in [1.82, 2.24) is 9.38 Å². The van der Waals surface area contributed by atoms with Crippen molar-refractivity contribution < 1.29 is 24.5 Å². The number of ether oxygens (including phenoxy) is 1. The third-order valence-corrected chi connectivity index (χ3v) is 2.21. The number of pyridine rings is 1. The Hall–Kier alpha value is -2.57. The first-order valence-electron chi connectivity index (χ1n) is 4.58. The Morgan fingerprint density at radius 2 is 2.18 bits per heavy atom. The molecule has 0 spiro atoms. The molecule has 2 aromatic heterocycles. The van der Waals surface area contributed by atoms with Gasteiger partial charge in [-0.3, -0.25) is 4.40 Å². The molecule has 7 heteroatoms. The number of fused-ring (bicyclic) bond motifs is 1.